The summed E-state index contributed by atoms with van der Waals surface area (Å²) >= 11 is 0. The second kappa shape index (κ2) is 6.84. The maximum atomic E-state index is 12.5. The topological polar surface area (TPSA) is 52.6 Å². The molecule has 0 heterocycles. The van der Waals surface area contributed by atoms with Gasteiger partial charge in [0.15, 0.2) is 0 Å². The van der Waals surface area contributed by atoms with E-state index < -0.39 is 12.1 Å². The molecule has 2 bridgehead atoms. The summed E-state index contributed by atoms with van der Waals surface area (Å²) in [6, 6.07) is 0. The van der Waals surface area contributed by atoms with Crippen LogP contribution in [0.15, 0.2) is 12.7 Å². The molecular weight excluding hydrogens is 280 g/mol. The molecule has 22 heavy (non-hydrogen) atoms. The minimum absolute atomic E-state index is 0.0983. The molecule has 0 aromatic carbocycles. The first kappa shape index (κ1) is 17.0. The van der Waals surface area contributed by atoms with Crippen LogP contribution >= 0.6 is 0 Å². The molecule has 0 saturated heterocycles. The molecule has 3 fully saturated rings. The summed E-state index contributed by atoms with van der Waals surface area (Å²) in [7, 11) is 0. The van der Waals surface area contributed by atoms with Gasteiger partial charge in [0.2, 0.25) is 0 Å². The molecule has 4 nitrogen and oxygen atoms in total. The summed E-state index contributed by atoms with van der Waals surface area (Å²) in [5, 5.41) is 0. The van der Waals surface area contributed by atoms with Crippen molar-refractivity contribution in [2.24, 2.45) is 10.8 Å². The van der Waals surface area contributed by atoms with Gasteiger partial charge in [0.05, 0.1) is 5.41 Å². The fourth-order valence-corrected chi connectivity index (χ4v) is 4.10. The van der Waals surface area contributed by atoms with Gasteiger partial charge in [-0.15, -0.1) is 0 Å². The second-order valence-corrected chi connectivity index (χ2v) is 7.08. The third kappa shape index (κ3) is 3.53. The Kier molecular flexibility index (Phi) is 5.30. The lowest BCUT2D eigenvalue weighted by Crippen LogP contribution is -2.47. The van der Waals surface area contributed by atoms with Crippen LogP contribution < -0.4 is 0 Å². The van der Waals surface area contributed by atoms with Crippen molar-refractivity contribution in [3.8, 4) is 0 Å². The summed E-state index contributed by atoms with van der Waals surface area (Å²) in [5.74, 6) is -0.583. The van der Waals surface area contributed by atoms with Crippen LogP contribution in [0.2, 0.25) is 0 Å². The summed E-state index contributed by atoms with van der Waals surface area (Å²) in [5.41, 5.74) is 0.210. The van der Waals surface area contributed by atoms with E-state index in [-0.39, 0.29) is 18.0 Å². The first-order valence-corrected chi connectivity index (χ1v) is 8.46. The highest BCUT2D eigenvalue weighted by Crippen LogP contribution is 2.59. The average molecular weight is 308 g/mol. The van der Waals surface area contributed by atoms with Crippen molar-refractivity contribution in [1.29, 1.82) is 0 Å². The van der Waals surface area contributed by atoms with Gasteiger partial charge < -0.3 is 9.47 Å². The number of esters is 2. The predicted octanol–water partition coefficient (Wildman–Crippen LogP) is 3.79. The zero-order valence-electron chi connectivity index (χ0n) is 13.9. The Balaban J connectivity index is 1.84. The number of hydrogen-bond donors (Lipinski definition) is 0. The maximum absolute atomic E-state index is 12.5. The fourth-order valence-electron chi connectivity index (χ4n) is 4.10. The van der Waals surface area contributed by atoms with Crippen molar-refractivity contribution in [2.75, 3.05) is 6.61 Å². The molecule has 0 radical (unpaired) electrons. The summed E-state index contributed by atoms with van der Waals surface area (Å²) in [6.07, 6.45) is 9.50. The van der Waals surface area contributed by atoms with Gasteiger partial charge in [-0.25, -0.2) is 4.79 Å². The summed E-state index contributed by atoms with van der Waals surface area (Å²) < 4.78 is 10.5. The highest BCUT2D eigenvalue weighted by atomic mass is 16.6. The number of carbonyl (C=O) groups excluding carboxylic acids is 2. The quantitative estimate of drug-likeness (QED) is 0.530. The first-order chi connectivity index (χ1) is 10.5. The molecular formula is C18H28O4. The van der Waals surface area contributed by atoms with Gasteiger partial charge in [0, 0.05) is 6.08 Å². The van der Waals surface area contributed by atoms with Gasteiger partial charge >= 0.3 is 11.9 Å². The van der Waals surface area contributed by atoms with E-state index in [9.17, 15) is 9.59 Å². The van der Waals surface area contributed by atoms with Crippen LogP contribution in [-0.2, 0) is 19.1 Å². The molecule has 1 unspecified atom stereocenters. The Labute approximate surface area is 133 Å². The van der Waals surface area contributed by atoms with E-state index in [1.165, 1.54) is 12.8 Å². The zero-order valence-corrected chi connectivity index (χ0v) is 13.9. The van der Waals surface area contributed by atoms with Crippen molar-refractivity contribution in [3.05, 3.63) is 12.7 Å². The van der Waals surface area contributed by atoms with Gasteiger partial charge in [-0.1, -0.05) is 19.9 Å². The second-order valence-electron chi connectivity index (χ2n) is 7.08. The van der Waals surface area contributed by atoms with Crippen LogP contribution in [0.3, 0.4) is 0 Å². The SMILES string of the molecule is C=CC(=O)OC(C)COC(=O)C12CCC(CCC)(CC1)CC2. The van der Waals surface area contributed by atoms with Crippen molar-refractivity contribution in [2.45, 2.75) is 71.3 Å². The monoisotopic (exact) mass is 308 g/mol. The predicted molar refractivity (Wildman–Crippen MR) is 84.2 cm³/mol. The van der Waals surface area contributed by atoms with Crippen LogP contribution in [0.1, 0.15) is 65.2 Å². The molecule has 124 valence electrons. The molecule has 0 N–H and O–H groups in total. The van der Waals surface area contributed by atoms with E-state index in [1.54, 1.807) is 6.92 Å². The molecule has 0 aliphatic heterocycles. The smallest absolute Gasteiger partial charge is 0.330 e. The van der Waals surface area contributed by atoms with Crippen LogP contribution in [0, 0.1) is 10.8 Å². The largest absolute Gasteiger partial charge is 0.461 e. The average Bonchev–Trinajstić information content (AvgIpc) is 2.54. The van der Waals surface area contributed by atoms with Crippen LogP contribution in [0.4, 0.5) is 0 Å². The summed E-state index contributed by atoms with van der Waals surface area (Å²) in [4.78, 5) is 23.6. The van der Waals surface area contributed by atoms with Crippen molar-refractivity contribution < 1.29 is 19.1 Å². The highest BCUT2D eigenvalue weighted by Gasteiger charge is 2.52. The summed E-state index contributed by atoms with van der Waals surface area (Å²) in [6.45, 7) is 7.44. The number of carbonyl (C=O) groups is 2. The van der Waals surface area contributed by atoms with Crippen molar-refractivity contribution >= 4 is 11.9 Å². The van der Waals surface area contributed by atoms with E-state index >= 15 is 0 Å². The lowest BCUT2D eigenvalue weighted by molar-refractivity contribution is -0.171. The van der Waals surface area contributed by atoms with E-state index in [0.29, 0.717) is 5.41 Å². The van der Waals surface area contributed by atoms with E-state index in [4.69, 9.17) is 9.47 Å². The van der Waals surface area contributed by atoms with Crippen LogP contribution in [-0.4, -0.2) is 24.6 Å². The van der Waals surface area contributed by atoms with Crippen LogP contribution in [0.5, 0.6) is 0 Å². The van der Waals surface area contributed by atoms with Gasteiger partial charge in [-0.2, -0.15) is 0 Å². The Morgan fingerprint density at radius 2 is 1.77 bits per heavy atom. The molecule has 0 aromatic heterocycles. The molecule has 4 heteroatoms. The molecule has 1 atom stereocenters. The third-order valence-corrected chi connectivity index (χ3v) is 5.55. The zero-order chi connectivity index (χ0) is 16.2. The highest BCUT2D eigenvalue weighted by molar-refractivity contribution is 5.81. The molecule has 3 rings (SSSR count). The normalized spacial score (nSPS) is 31.4. The molecule has 0 amide bonds. The van der Waals surface area contributed by atoms with E-state index in [0.717, 1.165) is 44.6 Å². The van der Waals surface area contributed by atoms with Gasteiger partial charge in [0.1, 0.15) is 12.7 Å². The fraction of sp³-hybridized carbons (Fsp3) is 0.778. The minimum atomic E-state index is -0.485. The van der Waals surface area contributed by atoms with Crippen molar-refractivity contribution in [1.82, 2.24) is 0 Å². The lowest BCUT2D eigenvalue weighted by atomic mass is 9.52. The van der Waals surface area contributed by atoms with Crippen LogP contribution in [0.25, 0.3) is 0 Å². The number of fused-ring (bicyclic) bond motifs is 3. The Bertz CT molecular complexity index is 416. The third-order valence-electron chi connectivity index (χ3n) is 5.55. The van der Waals surface area contributed by atoms with Gasteiger partial charge in [0.25, 0.3) is 0 Å². The van der Waals surface area contributed by atoms with E-state index in [2.05, 4.69) is 13.5 Å². The molecule has 3 aliphatic carbocycles. The number of ether oxygens (including phenoxy) is 2. The molecule has 0 spiro atoms. The van der Waals surface area contributed by atoms with Crippen molar-refractivity contribution in [3.63, 3.8) is 0 Å². The minimum Gasteiger partial charge on any atom is -0.461 e. The Hall–Kier alpha value is -1.32. The number of rotatable bonds is 7. The maximum Gasteiger partial charge on any atom is 0.330 e. The Morgan fingerprint density at radius 1 is 1.18 bits per heavy atom. The Morgan fingerprint density at radius 3 is 2.27 bits per heavy atom. The lowest BCUT2D eigenvalue weighted by Gasteiger charge is -2.52. The molecule has 3 aliphatic rings. The van der Waals surface area contributed by atoms with Gasteiger partial charge in [-0.3, -0.25) is 4.79 Å². The molecule has 0 aromatic rings. The standard InChI is InChI=1S/C18H28O4/c1-4-6-17-7-10-18(11-8-17,12-9-17)16(20)21-13-14(3)22-15(19)5-2/h5,14H,2,4,6-13H2,1,3H3. The van der Waals surface area contributed by atoms with E-state index in [1.807, 2.05) is 0 Å². The van der Waals surface area contributed by atoms with Gasteiger partial charge in [-0.05, 0) is 57.3 Å². The molecule has 3 saturated carbocycles. The number of hydrogen-bond acceptors (Lipinski definition) is 4. The first-order valence-electron chi connectivity index (χ1n) is 8.46.